The largest absolute Gasteiger partial charge is 0.468 e. The quantitative estimate of drug-likeness (QED) is 0.854. The molecule has 0 aromatic carbocycles. The van der Waals surface area contributed by atoms with Crippen molar-refractivity contribution in [2.45, 2.75) is 31.4 Å². The zero-order chi connectivity index (χ0) is 12.1. The molecule has 4 heteroatoms. The summed E-state index contributed by atoms with van der Waals surface area (Å²) >= 11 is 0. The first-order valence-corrected chi connectivity index (χ1v) is 6.25. The molecule has 0 radical (unpaired) electrons. The SMILES string of the molecule is CCOC1(C(NC)c2ccco2)CCOCC1. The predicted molar refractivity (Wildman–Crippen MR) is 64.9 cm³/mol. The lowest BCUT2D eigenvalue weighted by Gasteiger charge is -2.42. The van der Waals surface area contributed by atoms with Crippen LogP contribution in [0.2, 0.25) is 0 Å². The van der Waals surface area contributed by atoms with Gasteiger partial charge in [-0.15, -0.1) is 0 Å². The molecule has 2 rings (SSSR count). The lowest BCUT2D eigenvalue weighted by molar-refractivity contribution is -0.129. The summed E-state index contributed by atoms with van der Waals surface area (Å²) in [6, 6.07) is 4.00. The van der Waals surface area contributed by atoms with E-state index < -0.39 is 0 Å². The van der Waals surface area contributed by atoms with Crippen molar-refractivity contribution in [3.63, 3.8) is 0 Å². The first kappa shape index (κ1) is 12.6. The highest BCUT2D eigenvalue weighted by molar-refractivity contribution is 5.11. The number of hydrogen-bond donors (Lipinski definition) is 1. The van der Waals surface area contributed by atoms with Crippen molar-refractivity contribution < 1.29 is 13.9 Å². The Labute approximate surface area is 102 Å². The van der Waals surface area contributed by atoms with Gasteiger partial charge in [-0.25, -0.2) is 0 Å². The Kier molecular flexibility index (Phi) is 4.20. The number of hydrogen-bond acceptors (Lipinski definition) is 4. The average Bonchev–Trinajstić information content (AvgIpc) is 2.85. The van der Waals surface area contributed by atoms with E-state index in [1.54, 1.807) is 6.26 Å². The summed E-state index contributed by atoms with van der Waals surface area (Å²) in [5.41, 5.74) is -0.209. The monoisotopic (exact) mass is 239 g/mol. The molecule has 1 unspecified atom stereocenters. The van der Waals surface area contributed by atoms with E-state index in [1.165, 1.54) is 0 Å². The molecule has 17 heavy (non-hydrogen) atoms. The van der Waals surface area contributed by atoms with E-state index in [9.17, 15) is 0 Å². The first-order valence-electron chi connectivity index (χ1n) is 6.25. The van der Waals surface area contributed by atoms with Gasteiger partial charge in [-0.1, -0.05) is 0 Å². The predicted octanol–water partition coefficient (Wildman–Crippen LogP) is 2.13. The molecule has 96 valence electrons. The van der Waals surface area contributed by atoms with Gasteiger partial charge in [0, 0.05) is 32.7 Å². The number of ether oxygens (including phenoxy) is 2. The van der Waals surface area contributed by atoms with Crippen molar-refractivity contribution in [3.8, 4) is 0 Å². The van der Waals surface area contributed by atoms with E-state index in [1.807, 2.05) is 26.1 Å². The highest BCUT2D eigenvalue weighted by atomic mass is 16.5. The van der Waals surface area contributed by atoms with Gasteiger partial charge in [0.1, 0.15) is 5.76 Å². The second-order valence-corrected chi connectivity index (χ2v) is 4.35. The minimum absolute atomic E-state index is 0.0846. The fourth-order valence-corrected chi connectivity index (χ4v) is 2.64. The molecule has 0 saturated carbocycles. The van der Waals surface area contributed by atoms with Crippen molar-refractivity contribution in [1.82, 2.24) is 5.32 Å². The molecule has 1 aliphatic rings. The highest BCUT2D eigenvalue weighted by Gasteiger charge is 2.42. The Morgan fingerprint density at radius 2 is 2.24 bits per heavy atom. The van der Waals surface area contributed by atoms with Crippen LogP contribution in [0.1, 0.15) is 31.6 Å². The van der Waals surface area contributed by atoms with E-state index >= 15 is 0 Å². The van der Waals surface area contributed by atoms with E-state index in [-0.39, 0.29) is 11.6 Å². The number of nitrogens with one attached hydrogen (secondary N) is 1. The van der Waals surface area contributed by atoms with Crippen LogP contribution in [0.15, 0.2) is 22.8 Å². The average molecular weight is 239 g/mol. The van der Waals surface area contributed by atoms with Gasteiger partial charge in [0.15, 0.2) is 0 Å². The van der Waals surface area contributed by atoms with Crippen molar-refractivity contribution >= 4 is 0 Å². The Morgan fingerprint density at radius 3 is 2.76 bits per heavy atom. The Bertz CT molecular complexity index is 312. The van der Waals surface area contributed by atoms with Crippen LogP contribution in [0.4, 0.5) is 0 Å². The first-order chi connectivity index (χ1) is 8.32. The smallest absolute Gasteiger partial charge is 0.123 e. The zero-order valence-electron chi connectivity index (χ0n) is 10.6. The van der Waals surface area contributed by atoms with Crippen molar-refractivity contribution in [2.24, 2.45) is 0 Å². The highest BCUT2D eigenvalue weighted by Crippen LogP contribution is 2.37. The van der Waals surface area contributed by atoms with Gasteiger partial charge in [-0.2, -0.15) is 0 Å². The number of likely N-dealkylation sites (N-methyl/N-ethyl adjacent to an activating group) is 1. The van der Waals surface area contributed by atoms with Crippen molar-refractivity contribution in [3.05, 3.63) is 24.2 Å². The van der Waals surface area contributed by atoms with E-state index in [2.05, 4.69) is 5.32 Å². The van der Waals surface area contributed by atoms with E-state index in [0.29, 0.717) is 6.61 Å². The molecule has 1 saturated heterocycles. The summed E-state index contributed by atoms with van der Waals surface area (Å²) in [5.74, 6) is 0.933. The summed E-state index contributed by atoms with van der Waals surface area (Å²) in [6.45, 7) is 4.24. The van der Waals surface area contributed by atoms with Gasteiger partial charge in [0.2, 0.25) is 0 Å². The molecule has 0 bridgehead atoms. The van der Waals surface area contributed by atoms with Crippen LogP contribution in [0.5, 0.6) is 0 Å². The summed E-state index contributed by atoms with van der Waals surface area (Å²) in [5, 5.41) is 3.33. The van der Waals surface area contributed by atoms with Gasteiger partial charge in [-0.05, 0) is 26.1 Å². The molecule has 1 aromatic heterocycles. The summed E-state index contributed by atoms with van der Waals surface area (Å²) in [6.07, 6.45) is 3.50. The molecular formula is C13H21NO3. The maximum atomic E-state index is 6.04. The summed E-state index contributed by atoms with van der Waals surface area (Å²) in [7, 11) is 1.95. The van der Waals surface area contributed by atoms with Crippen LogP contribution in [-0.2, 0) is 9.47 Å². The maximum Gasteiger partial charge on any atom is 0.123 e. The molecule has 1 aromatic rings. The van der Waals surface area contributed by atoms with Crippen LogP contribution < -0.4 is 5.32 Å². The van der Waals surface area contributed by atoms with Crippen molar-refractivity contribution in [2.75, 3.05) is 26.9 Å². The van der Waals surface area contributed by atoms with Gasteiger partial charge in [-0.3, -0.25) is 0 Å². The lowest BCUT2D eigenvalue weighted by Crippen LogP contribution is -2.49. The summed E-state index contributed by atoms with van der Waals surface area (Å²) < 4.78 is 17.0. The van der Waals surface area contributed by atoms with Crippen LogP contribution in [-0.4, -0.2) is 32.5 Å². The van der Waals surface area contributed by atoms with E-state index in [4.69, 9.17) is 13.9 Å². The third-order valence-electron chi connectivity index (χ3n) is 3.41. The molecule has 0 aliphatic carbocycles. The lowest BCUT2D eigenvalue weighted by atomic mass is 9.84. The molecule has 4 nitrogen and oxygen atoms in total. The Balaban J connectivity index is 2.23. The van der Waals surface area contributed by atoms with Gasteiger partial charge in [0.25, 0.3) is 0 Å². The molecule has 1 N–H and O–H groups in total. The number of rotatable bonds is 5. The van der Waals surface area contributed by atoms with Crippen LogP contribution >= 0.6 is 0 Å². The van der Waals surface area contributed by atoms with Crippen molar-refractivity contribution in [1.29, 1.82) is 0 Å². The molecule has 0 amide bonds. The third kappa shape index (κ3) is 2.54. The summed E-state index contributed by atoms with van der Waals surface area (Å²) in [4.78, 5) is 0. The topological polar surface area (TPSA) is 43.6 Å². The van der Waals surface area contributed by atoms with Gasteiger partial charge < -0.3 is 19.2 Å². The van der Waals surface area contributed by atoms with Gasteiger partial charge in [0.05, 0.1) is 17.9 Å². The fraction of sp³-hybridized carbons (Fsp3) is 0.692. The molecule has 1 atom stereocenters. The standard InChI is InChI=1S/C13H21NO3/c1-3-17-13(6-9-15-10-7-13)12(14-2)11-5-4-8-16-11/h4-5,8,12,14H,3,6-7,9-10H2,1-2H3. The molecule has 0 spiro atoms. The Hall–Kier alpha value is -0.840. The number of furan rings is 1. The van der Waals surface area contributed by atoms with Gasteiger partial charge >= 0.3 is 0 Å². The normalized spacial score (nSPS) is 21.3. The molecular weight excluding hydrogens is 218 g/mol. The molecule has 1 aliphatic heterocycles. The fourth-order valence-electron chi connectivity index (χ4n) is 2.64. The van der Waals surface area contributed by atoms with E-state index in [0.717, 1.165) is 31.8 Å². The minimum atomic E-state index is -0.209. The second kappa shape index (κ2) is 5.67. The molecule has 1 fully saturated rings. The zero-order valence-corrected chi connectivity index (χ0v) is 10.6. The van der Waals surface area contributed by atoms with Crippen LogP contribution in [0.25, 0.3) is 0 Å². The maximum absolute atomic E-state index is 6.04. The second-order valence-electron chi connectivity index (χ2n) is 4.35. The molecule has 2 heterocycles. The third-order valence-corrected chi connectivity index (χ3v) is 3.41. The Morgan fingerprint density at radius 1 is 1.47 bits per heavy atom. The van der Waals surface area contributed by atoms with Crippen LogP contribution in [0, 0.1) is 0 Å². The minimum Gasteiger partial charge on any atom is -0.468 e. The van der Waals surface area contributed by atoms with Crippen LogP contribution in [0.3, 0.4) is 0 Å².